The Labute approximate surface area is 97.6 Å². The molecule has 2 N–H and O–H groups in total. The van der Waals surface area contributed by atoms with Crippen LogP contribution < -0.4 is 5.73 Å². The Morgan fingerprint density at radius 2 is 2.41 bits per heavy atom. The largest absolute Gasteiger partial charge is 0.458 e. The van der Waals surface area contributed by atoms with Gasteiger partial charge in [0.05, 0.1) is 6.61 Å². The first-order valence-corrected chi connectivity index (χ1v) is 5.52. The van der Waals surface area contributed by atoms with E-state index in [4.69, 9.17) is 14.9 Å². The third-order valence-corrected chi connectivity index (χ3v) is 3.02. The number of pyridine rings is 1. The average molecular weight is 232 g/mol. The fraction of sp³-hybridized carbons (Fsp3) is 0.333. The average Bonchev–Trinajstić information content (AvgIpc) is 2.95. The summed E-state index contributed by atoms with van der Waals surface area (Å²) >= 11 is 0. The van der Waals surface area contributed by atoms with Gasteiger partial charge in [-0.05, 0) is 18.6 Å². The molecule has 2 aromatic heterocycles. The van der Waals surface area contributed by atoms with Crippen molar-refractivity contribution in [3.8, 4) is 0 Å². The van der Waals surface area contributed by atoms with Gasteiger partial charge in [-0.25, -0.2) is 0 Å². The summed E-state index contributed by atoms with van der Waals surface area (Å²) in [5, 5.41) is 0. The molecule has 0 bridgehead atoms. The molecule has 1 amide bonds. The monoisotopic (exact) mass is 232 g/mol. The number of ether oxygens (including phenoxy) is 1. The first-order chi connectivity index (χ1) is 8.27. The summed E-state index contributed by atoms with van der Waals surface area (Å²) < 4.78 is 11.0. The van der Waals surface area contributed by atoms with Crippen LogP contribution in [0.5, 0.6) is 0 Å². The summed E-state index contributed by atoms with van der Waals surface area (Å²) in [6, 6.07) is 3.56. The highest BCUT2D eigenvalue weighted by molar-refractivity contribution is 6.05. The number of nitrogens with two attached hydrogens (primary N) is 1. The van der Waals surface area contributed by atoms with E-state index in [-0.39, 0.29) is 5.92 Å². The number of hydrogen-bond donors (Lipinski definition) is 1. The topological polar surface area (TPSA) is 78.4 Å². The Bertz CT molecular complexity index is 570. The van der Waals surface area contributed by atoms with E-state index >= 15 is 0 Å². The Kier molecular flexibility index (Phi) is 2.33. The van der Waals surface area contributed by atoms with E-state index < -0.39 is 5.91 Å². The number of fused-ring (bicyclic) bond motifs is 1. The molecule has 88 valence electrons. The fourth-order valence-corrected chi connectivity index (χ4v) is 2.21. The van der Waals surface area contributed by atoms with Crippen molar-refractivity contribution in [1.29, 1.82) is 0 Å². The molecule has 1 unspecified atom stereocenters. The number of furan rings is 1. The number of carbonyl (C=O) groups excluding carboxylic acids is 1. The molecule has 5 nitrogen and oxygen atoms in total. The number of primary amides is 1. The van der Waals surface area contributed by atoms with Gasteiger partial charge in [0.2, 0.25) is 0 Å². The van der Waals surface area contributed by atoms with Crippen LogP contribution in [0.15, 0.2) is 22.7 Å². The predicted octanol–water partition coefficient (Wildman–Crippen LogP) is 1.43. The highest BCUT2D eigenvalue weighted by atomic mass is 16.5. The van der Waals surface area contributed by atoms with E-state index in [0.29, 0.717) is 35.6 Å². The number of amides is 1. The van der Waals surface area contributed by atoms with Crippen LogP contribution in [-0.4, -0.2) is 24.1 Å². The quantitative estimate of drug-likeness (QED) is 0.849. The van der Waals surface area contributed by atoms with Crippen molar-refractivity contribution in [1.82, 2.24) is 4.98 Å². The third kappa shape index (κ3) is 1.59. The highest BCUT2D eigenvalue weighted by Gasteiger charge is 2.29. The predicted molar refractivity (Wildman–Crippen MR) is 60.7 cm³/mol. The van der Waals surface area contributed by atoms with E-state index in [1.807, 2.05) is 0 Å². The number of nitrogens with zero attached hydrogens (tertiary/aromatic N) is 1. The molecule has 17 heavy (non-hydrogen) atoms. The summed E-state index contributed by atoms with van der Waals surface area (Å²) in [5.74, 6) is 0.222. The summed E-state index contributed by atoms with van der Waals surface area (Å²) in [6.45, 7) is 1.26. The molecule has 5 heteroatoms. The number of hydrogen-bond acceptors (Lipinski definition) is 4. The first-order valence-electron chi connectivity index (χ1n) is 5.52. The Morgan fingerprint density at radius 1 is 1.53 bits per heavy atom. The lowest BCUT2D eigenvalue weighted by molar-refractivity contribution is 0.0998. The van der Waals surface area contributed by atoms with Crippen molar-refractivity contribution >= 4 is 17.0 Å². The molecule has 1 fully saturated rings. The van der Waals surface area contributed by atoms with Gasteiger partial charge < -0.3 is 14.9 Å². The maximum atomic E-state index is 11.5. The van der Waals surface area contributed by atoms with Crippen LogP contribution in [0.2, 0.25) is 0 Å². The number of aromatic nitrogens is 1. The highest BCUT2D eigenvalue weighted by Crippen LogP contribution is 2.33. The molecule has 0 radical (unpaired) electrons. The molecule has 0 aromatic carbocycles. The summed E-state index contributed by atoms with van der Waals surface area (Å²) in [4.78, 5) is 15.7. The number of carbonyl (C=O) groups is 1. The van der Waals surface area contributed by atoms with Crippen molar-refractivity contribution in [2.24, 2.45) is 5.73 Å². The summed E-state index contributed by atoms with van der Waals surface area (Å²) in [6.07, 6.45) is 2.47. The van der Waals surface area contributed by atoms with E-state index in [0.717, 1.165) is 6.42 Å². The molecule has 0 spiro atoms. The smallest absolute Gasteiger partial charge is 0.254 e. The minimum Gasteiger partial charge on any atom is -0.458 e. The zero-order valence-electron chi connectivity index (χ0n) is 9.18. The SMILES string of the molecule is NC(=O)c1c(C2CCOC2)oc2cccnc12. The molecule has 3 heterocycles. The lowest BCUT2D eigenvalue weighted by atomic mass is 10.0. The molecular weight excluding hydrogens is 220 g/mol. The molecule has 1 aliphatic rings. The van der Waals surface area contributed by atoms with Gasteiger partial charge in [0.25, 0.3) is 5.91 Å². The minimum absolute atomic E-state index is 0.103. The van der Waals surface area contributed by atoms with Crippen LogP contribution in [0.4, 0.5) is 0 Å². The van der Waals surface area contributed by atoms with Gasteiger partial charge in [0.15, 0.2) is 5.58 Å². The van der Waals surface area contributed by atoms with Gasteiger partial charge in [-0.3, -0.25) is 9.78 Å². The Balaban J connectivity index is 2.22. The third-order valence-electron chi connectivity index (χ3n) is 3.02. The summed E-state index contributed by atoms with van der Waals surface area (Å²) in [7, 11) is 0. The van der Waals surface area contributed by atoms with Gasteiger partial charge >= 0.3 is 0 Å². The van der Waals surface area contributed by atoms with Crippen LogP contribution in [0, 0.1) is 0 Å². The van der Waals surface area contributed by atoms with Gasteiger partial charge in [0, 0.05) is 18.7 Å². The zero-order chi connectivity index (χ0) is 11.8. The van der Waals surface area contributed by atoms with Gasteiger partial charge in [0.1, 0.15) is 16.8 Å². The molecule has 0 aliphatic carbocycles. The fourth-order valence-electron chi connectivity index (χ4n) is 2.21. The Morgan fingerprint density at radius 3 is 3.12 bits per heavy atom. The van der Waals surface area contributed by atoms with Gasteiger partial charge in [-0.2, -0.15) is 0 Å². The van der Waals surface area contributed by atoms with Gasteiger partial charge in [-0.15, -0.1) is 0 Å². The normalized spacial score (nSPS) is 19.9. The summed E-state index contributed by atoms with van der Waals surface area (Å²) in [5.41, 5.74) is 6.96. The lowest BCUT2D eigenvalue weighted by Gasteiger charge is -2.04. The van der Waals surface area contributed by atoms with Crippen molar-refractivity contribution in [3.63, 3.8) is 0 Å². The maximum absolute atomic E-state index is 11.5. The standard InChI is InChI=1S/C12H12N2O3/c13-12(15)9-10-8(2-1-4-14-10)17-11(9)7-3-5-16-6-7/h1-2,4,7H,3,5-6H2,(H2,13,15). The van der Waals surface area contributed by atoms with E-state index in [1.54, 1.807) is 18.3 Å². The van der Waals surface area contributed by atoms with Crippen LogP contribution in [0.3, 0.4) is 0 Å². The molecule has 2 aromatic rings. The van der Waals surface area contributed by atoms with Crippen LogP contribution in [0.1, 0.15) is 28.5 Å². The number of rotatable bonds is 2. The molecule has 1 atom stereocenters. The van der Waals surface area contributed by atoms with Crippen molar-refractivity contribution < 1.29 is 13.9 Å². The molecule has 0 saturated carbocycles. The van der Waals surface area contributed by atoms with E-state index in [2.05, 4.69) is 4.98 Å². The second kappa shape index (κ2) is 3.85. The van der Waals surface area contributed by atoms with E-state index in [1.165, 1.54) is 0 Å². The second-order valence-electron chi connectivity index (χ2n) is 4.12. The van der Waals surface area contributed by atoms with Gasteiger partial charge in [-0.1, -0.05) is 0 Å². The van der Waals surface area contributed by atoms with Crippen molar-refractivity contribution in [3.05, 3.63) is 29.7 Å². The Hall–Kier alpha value is -1.88. The molecular formula is C12H12N2O3. The molecule has 1 aliphatic heterocycles. The zero-order valence-corrected chi connectivity index (χ0v) is 9.18. The minimum atomic E-state index is -0.496. The van der Waals surface area contributed by atoms with Crippen LogP contribution in [-0.2, 0) is 4.74 Å². The lowest BCUT2D eigenvalue weighted by Crippen LogP contribution is -2.14. The van der Waals surface area contributed by atoms with Crippen LogP contribution in [0.25, 0.3) is 11.1 Å². The van der Waals surface area contributed by atoms with Crippen molar-refractivity contribution in [2.75, 3.05) is 13.2 Å². The van der Waals surface area contributed by atoms with E-state index in [9.17, 15) is 4.79 Å². The molecule has 1 saturated heterocycles. The molecule has 3 rings (SSSR count). The van der Waals surface area contributed by atoms with Crippen molar-refractivity contribution in [2.45, 2.75) is 12.3 Å². The van der Waals surface area contributed by atoms with Crippen LogP contribution >= 0.6 is 0 Å². The first kappa shape index (κ1) is 10.3. The second-order valence-corrected chi connectivity index (χ2v) is 4.12. The maximum Gasteiger partial charge on any atom is 0.254 e.